The van der Waals surface area contributed by atoms with E-state index in [1.807, 2.05) is 18.2 Å². The van der Waals surface area contributed by atoms with Gasteiger partial charge in [0, 0.05) is 15.0 Å². The molecule has 0 spiro atoms. The van der Waals surface area contributed by atoms with Crippen molar-refractivity contribution in [2.24, 2.45) is 0 Å². The molecular formula is C11H7Br2NO3. The largest absolute Gasteiger partial charge is 0.475 e. The van der Waals surface area contributed by atoms with Crippen molar-refractivity contribution in [3.8, 4) is 0 Å². The number of rotatable bonds is 3. The smallest absolute Gasteiger partial charge is 0.371 e. The minimum absolute atomic E-state index is 0.101. The summed E-state index contributed by atoms with van der Waals surface area (Å²) < 4.78 is 6.80. The van der Waals surface area contributed by atoms with E-state index >= 15 is 0 Å². The Balaban J connectivity index is 2.28. The van der Waals surface area contributed by atoms with Crippen molar-refractivity contribution in [2.75, 3.05) is 5.32 Å². The second kappa shape index (κ2) is 4.93. The second-order valence-corrected chi connectivity index (χ2v) is 4.90. The highest BCUT2D eigenvalue weighted by atomic mass is 79.9. The third kappa shape index (κ3) is 2.70. The van der Waals surface area contributed by atoms with Gasteiger partial charge in [-0.15, -0.1) is 0 Å². The van der Waals surface area contributed by atoms with Crippen molar-refractivity contribution in [1.82, 2.24) is 0 Å². The number of carboxylic acid groups (broad SMARTS) is 1. The number of hydrogen-bond donors (Lipinski definition) is 2. The number of anilines is 2. The van der Waals surface area contributed by atoms with Gasteiger partial charge in [0.2, 0.25) is 5.76 Å². The van der Waals surface area contributed by atoms with Gasteiger partial charge in [-0.1, -0.05) is 6.07 Å². The van der Waals surface area contributed by atoms with Crippen LogP contribution in [-0.4, -0.2) is 11.1 Å². The van der Waals surface area contributed by atoms with Crippen LogP contribution in [0.3, 0.4) is 0 Å². The Morgan fingerprint density at radius 1 is 1.18 bits per heavy atom. The lowest BCUT2D eigenvalue weighted by atomic mass is 10.3. The van der Waals surface area contributed by atoms with Gasteiger partial charge in [-0.3, -0.25) is 0 Å². The zero-order valence-electron chi connectivity index (χ0n) is 8.41. The number of carboxylic acids is 1. The Kier molecular flexibility index (Phi) is 3.54. The topological polar surface area (TPSA) is 62.5 Å². The molecule has 6 heteroatoms. The quantitative estimate of drug-likeness (QED) is 0.858. The van der Waals surface area contributed by atoms with Crippen LogP contribution < -0.4 is 5.32 Å². The highest BCUT2D eigenvalue weighted by molar-refractivity contribution is 9.11. The average Bonchev–Trinajstić information content (AvgIpc) is 2.72. The molecule has 1 aromatic carbocycles. The Labute approximate surface area is 114 Å². The molecule has 0 aliphatic carbocycles. The van der Waals surface area contributed by atoms with E-state index < -0.39 is 5.97 Å². The fourth-order valence-corrected chi connectivity index (χ4v) is 2.46. The van der Waals surface area contributed by atoms with E-state index in [1.165, 1.54) is 6.07 Å². The molecule has 0 unspecified atom stereocenters. The summed E-state index contributed by atoms with van der Waals surface area (Å²) in [5.41, 5.74) is 0.777. The van der Waals surface area contributed by atoms with E-state index in [0.29, 0.717) is 5.88 Å². The summed E-state index contributed by atoms with van der Waals surface area (Å²) in [7, 11) is 0. The van der Waals surface area contributed by atoms with Crippen LogP contribution in [0.2, 0.25) is 0 Å². The number of furan rings is 1. The summed E-state index contributed by atoms with van der Waals surface area (Å²) in [6.07, 6.45) is 0. The first kappa shape index (κ1) is 12.2. The second-order valence-electron chi connectivity index (χ2n) is 3.19. The maximum atomic E-state index is 10.7. The summed E-state index contributed by atoms with van der Waals surface area (Å²) in [6.45, 7) is 0. The SMILES string of the molecule is O=C(O)c1ccc(Nc2c(Br)cccc2Br)o1. The van der Waals surface area contributed by atoms with Crippen LogP contribution in [0.4, 0.5) is 11.6 Å². The van der Waals surface area contributed by atoms with Crippen molar-refractivity contribution < 1.29 is 14.3 Å². The molecule has 0 saturated heterocycles. The zero-order chi connectivity index (χ0) is 12.4. The first-order valence-corrected chi connectivity index (χ1v) is 6.20. The Morgan fingerprint density at radius 3 is 2.35 bits per heavy atom. The Bertz CT molecular complexity index is 545. The maximum absolute atomic E-state index is 10.7. The number of aromatic carboxylic acids is 1. The van der Waals surface area contributed by atoms with Crippen LogP contribution in [0.5, 0.6) is 0 Å². The normalized spacial score (nSPS) is 10.2. The molecular weight excluding hydrogens is 354 g/mol. The molecule has 0 bridgehead atoms. The van der Waals surface area contributed by atoms with Gasteiger partial charge in [0.25, 0.3) is 0 Å². The van der Waals surface area contributed by atoms with E-state index in [2.05, 4.69) is 37.2 Å². The molecule has 2 N–H and O–H groups in total. The minimum atomic E-state index is -1.09. The average molecular weight is 361 g/mol. The zero-order valence-corrected chi connectivity index (χ0v) is 11.6. The van der Waals surface area contributed by atoms with Crippen LogP contribution in [0.15, 0.2) is 43.7 Å². The first-order valence-electron chi connectivity index (χ1n) is 4.62. The molecule has 2 rings (SSSR count). The van der Waals surface area contributed by atoms with Gasteiger partial charge < -0.3 is 14.8 Å². The van der Waals surface area contributed by atoms with Crippen molar-refractivity contribution in [3.63, 3.8) is 0 Å². The fourth-order valence-electron chi connectivity index (χ4n) is 1.26. The first-order chi connectivity index (χ1) is 8.08. The maximum Gasteiger partial charge on any atom is 0.371 e. The van der Waals surface area contributed by atoms with E-state index in [4.69, 9.17) is 9.52 Å². The number of carbonyl (C=O) groups is 1. The lowest BCUT2D eigenvalue weighted by Crippen LogP contribution is -1.93. The van der Waals surface area contributed by atoms with Crippen LogP contribution in [0, 0.1) is 0 Å². The number of hydrogen-bond acceptors (Lipinski definition) is 3. The van der Waals surface area contributed by atoms with Crippen LogP contribution in [-0.2, 0) is 0 Å². The minimum Gasteiger partial charge on any atom is -0.475 e. The molecule has 17 heavy (non-hydrogen) atoms. The van der Waals surface area contributed by atoms with Gasteiger partial charge in [0.05, 0.1) is 5.69 Å². The van der Waals surface area contributed by atoms with Crippen molar-refractivity contribution in [2.45, 2.75) is 0 Å². The summed E-state index contributed by atoms with van der Waals surface area (Å²) in [6, 6.07) is 8.58. The van der Waals surface area contributed by atoms with Gasteiger partial charge in [0.1, 0.15) is 0 Å². The number of nitrogens with one attached hydrogen (secondary N) is 1. The van der Waals surface area contributed by atoms with Crippen molar-refractivity contribution in [1.29, 1.82) is 0 Å². The molecule has 1 aromatic heterocycles. The lowest BCUT2D eigenvalue weighted by Gasteiger charge is -2.07. The Morgan fingerprint density at radius 2 is 1.82 bits per heavy atom. The summed E-state index contributed by atoms with van der Waals surface area (Å²) in [5.74, 6) is -0.824. The number of halogens is 2. The Hall–Kier alpha value is -1.27. The molecule has 88 valence electrons. The molecule has 0 radical (unpaired) electrons. The highest BCUT2D eigenvalue weighted by Gasteiger charge is 2.11. The molecule has 0 atom stereocenters. The van der Waals surface area contributed by atoms with Crippen LogP contribution >= 0.6 is 31.9 Å². The molecule has 4 nitrogen and oxygen atoms in total. The molecule has 2 aromatic rings. The fraction of sp³-hybridized carbons (Fsp3) is 0. The van der Waals surface area contributed by atoms with Crippen LogP contribution in [0.1, 0.15) is 10.6 Å². The van der Waals surface area contributed by atoms with Crippen LogP contribution in [0.25, 0.3) is 0 Å². The summed E-state index contributed by atoms with van der Waals surface area (Å²) in [4.78, 5) is 10.7. The van der Waals surface area contributed by atoms with E-state index in [-0.39, 0.29) is 5.76 Å². The molecule has 0 aliphatic rings. The molecule has 0 aliphatic heterocycles. The van der Waals surface area contributed by atoms with E-state index in [0.717, 1.165) is 14.6 Å². The molecule has 0 saturated carbocycles. The number of benzene rings is 1. The molecule has 1 heterocycles. The summed E-state index contributed by atoms with van der Waals surface area (Å²) in [5, 5.41) is 11.7. The standard InChI is InChI=1S/C11H7Br2NO3/c12-6-2-1-3-7(13)10(6)14-9-5-4-8(17-9)11(15)16/h1-5,14H,(H,15,16). The predicted molar refractivity (Wildman–Crippen MR) is 70.8 cm³/mol. The third-order valence-corrected chi connectivity index (χ3v) is 3.35. The van der Waals surface area contributed by atoms with Gasteiger partial charge in [-0.25, -0.2) is 4.79 Å². The van der Waals surface area contributed by atoms with Crippen molar-refractivity contribution >= 4 is 49.4 Å². The van der Waals surface area contributed by atoms with E-state index in [9.17, 15) is 4.79 Å². The lowest BCUT2D eigenvalue weighted by molar-refractivity contribution is 0.0663. The number of para-hydroxylation sites is 1. The van der Waals surface area contributed by atoms with Crippen molar-refractivity contribution in [3.05, 3.63) is 45.0 Å². The van der Waals surface area contributed by atoms with E-state index in [1.54, 1.807) is 6.07 Å². The molecule has 0 amide bonds. The monoisotopic (exact) mass is 359 g/mol. The third-order valence-electron chi connectivity index (χ3n) is 2.03. The van der Waals surface area contributed by atoms with Gasteiger partial charge >= 0.3 is 5.97 Å². The van der Waals surface area contributed by atoms with Gasteiger partial charge in [0.15, 0.2) is 5.88 Å². The summed E-state index contributed by atoms with van der Waals surface area (Å²) >= 11 is 6.78. The van der Waals surface area contributed by atoms with Gasteiger partial charge in [-0.2, -0.15) is 0 Å². The van der Waals surface area contributed by atoms with Gasteiger partial charge in [-0.05, 0) is 50.1 Å². The highest BCUT2D eigenvalue weighted by Crippen LogP contribution is 2.33. The predicted octanol–water partition coefficient (Wildman–Crippen LogP) is 4.25. The molecule has 0 fully saturated rings.